The van der Waals surface area contributed by atoms with E-state index in [2.05, 4.69) is 176 Å². The molecule has 12 rings (SSSR count). The third-order valence-electron chi connectivity index (χ3n) is 12.3. The molecule has 63 heavy (non-hydrogen) atoms. The van der Waals surface area contributed by atoms with Crippen LogP contribution in [0.1, 0.15) is 0 Å². The summed E-state index contributed by atoms with van der Waals surface area (Å²) in [5, 5.41) is 9.44. The van der Waals surface area contributed by atoms with Gasteiger partial charge in [0.05, 0.1) is 0 Å². The van der Waals surface area contributed by atoms with Crippen molar-refractivity contribution >= 4 is 72.7 Å². The number of para-hydroxylation sites is 1. The normalized spacial score (nSPS) is 11.8. The van der Waals surface area contributed by atoms with Gasteiger partial charge in [-0.2, -0.15) is 0 Å². The standard InChI is InChI=1S/C57H37N3O2Si/c1-5-17-38(18-6-1)55-58-56(40-19-15-26-45(35-40)63(42-20-7-2-8-21-42,43-22-9-3-10-23-43)44-24-11-4-12-25-44)60-57(59-55)41-31-33-47-49-36-39(32-34-51(49)62-53(47)37-41)46-28-16-30-52-54(46)48-27-13-14-29-50(48)61-52/h1-37H. The first-order valence-electron chi connectivity index (χ1n) is 21.2. The molecule has 0 fully saturated rings. The summed E-state index contributed by atoms with van der Waals surface area (Å²) in [5.41, 5.74) is 8.24. The minimum Gasteiger partial charge on any atom is -0.456 e. The molecule has 0 N–H and O–H groups in total. The predicted molar refractivity (Wildman–Crippen MR) is 260 cm³/mol. The second kappa shape index (κ2) is 15.1. The van der Waals surface area contributed by atoms with Gasteiger partial charge in [0.1, 0.15) is 22.3 Å². The number of furan rings is 2. The van der Waals surface area contributed by atoms with Crippen LogP contribution in [0.2, 0.25) is 0 Å². The summed E-state index contributed by atoms with van der Waals surface area (Å²) in [4.78, 5) is 15.5. The van der Waals surface area contributed by atoms with Crippen LogP contribution in [-0.2, 0) is 0 Å². The van der Waals surface area contributed by atoms with Gasteiger partial charge in [-0.1, -0.05) is 188 Å². The first kappa shape index (κ1) is 36.6. The Morgan fingerprint density at radius 1 is 0.286 bits per heavy atom. The van der Waals surface area contributed by atoms with Gasteiger partial charge in [-0.25, -0.2) is 15.0 Å². The fourth-order valence-electron chi connectivity index (χ4n) is 9.41. The Morgan fingerprint density at radius 2 is 0.778 bits per heavy atom. The van der Waals surface area contributed by atoms with E-state index in [1.165, 1.54) is 20.7 Å². The molecule has 0 saturated heterocycles. The van der Waals surface area contributed by atoms with Crippen molar-refractivity contribution in [3.05, 3.63) is 224 Å². The van der Waals surface area contributed by atoms with E-state index in [0.717, 1.165) is 71.7 Å². The van der Waals surface area contributed by atoms with Crippen LogP contribution in [0.5, 0.6) is 0 Å². The number of fused-ring (bicyclic) bond motifs is 6. The summed E-state index contributed by atoms with van der Waals surface area (Å²) in [6, 6.07) is 79.0. The Hall–Kier alpha value is -8.19. The average molecular weight is 824 g/mol. The zero-order valence-corrected chi connectivity index (χ0v) is 35.0. The number of aromatic nitrogens is 3. The van der Waals surface area contributed by atoms with E-state index in [0.29, 0.717) is 17.5 Å². The molecule has 0 saturated carbocycles. The van der Waals surface area contributed by atoms with Crippen molar-refractivity contribution < 1.29 is 8.83 Å². The van der Waals surface area contributed by atoms with Crippen LogP contribution in [0.15, 0.2) is 233 Å². The Morgan fingerprint density at radius 3 is 1.46 bits per heavy atom. The summed E-state index contributed by atoms with van der Waals surface area (Å²) in [5.74, 6) is 1.78. The van der Waals surface area contributed by atoms with Gasteiger partial charge in [0.25, 0.3) is 0 Å². The zero-order valence-electron chi connectivity index (χ0n) is 34.0. The van der Waals surface area contributed by atoms with E-state index in [9.17, 15) is 0 Å². The van der Waals surface area contributed by atoms with Crippen molar-refractivity contribution in [2.45, 2.75) is 0 Å². The number of hydrogen-bond acceptors (Lipinski definition) is 5. The van der Waals surface area contributed by atoms with Gasteiger partial charge in [0.2, 0.25) is 0 Å². The second-order valence-electron chi connectivity index (χ2n) is 15.9. The molecule has 3 heterocycles. The minimum atomic E-state index is -2.80. The van der Waals surface area contributed by atoms with Gasteiger partial charge in [-0.3, -0.25) is 0 Å². The molecular weight excluding hydrogens is 787 g/mol. The first-order valence-corrected chi connectivity index (χ1v) is 23.2. The van der Waals surface area contributed by atoms with E-state index in [1.807, 2.05) is 48.5 Å². The minimum absolute atomic E-state index is 0.573. The van der Waals surface area contributed by atoms with Crippen LogP contribution in [0, 0.1) is 0 Å². The molecule has 0 spiro atoms. The monoisotopic (exact) mass is 823 g/mol. The highest BCUT2D eigenvalue weighted by Crippen LogP contribution is 2.40. The van der Waals surface area contributed by atoms with Crippen LogP contribution in [0.4, 0.5) is 0 Å². The van der Waals surface area contributed by atoms with E-state index in [4.69, 9.17) is 23.8 Å². The maximum Gasteiger partial charge on any atom is 0.179 e. The lowest BCUT2D eigenvalue weighted by Crippen LogP contribution is -2.74. The molecule has 0 aliphatic rings. The highest BCUT2D eigenvalue weighted by atomic mass is 28.3. The van der Waals surface area contributed by atoms with Crippen molar-refractivity contribution in [3.8, 4) is 45.3 Å². The zero-order chi connectivity index (χ0) is 41.7. The SMILES string of the molecule is c1ccc(-c2nc(-c3cccc([Si](c4ccccc4)(c4ccccc4)c4ccccc4)c3)nc(-c3ccc4c(c3)oc3ccc(-c5cccc6oc7ccccc7c56)cc34)n2)cc1. The number of rotatable bonds is 8. The molecule has 0 unspecified atom stereocenters. The molecule has 6 heteroatoms. The lowest BCUT2D eigenvalue weighted by atomic mass is 9.98. The Kier molecular flexibility index (Phi) is 8.76. The summed E-state index contributed by atoms with van der Waals surface area (Å²) in [6.45, 7) is 0. The van der Waals surface area contributed by atoms with E-state index in [1.54, 1.807) is 0 Å². The summed E-state index contributed by atoms with van der Waals surface area (Å²) >= 11 is 0. The Balaban J connectivity index is 1.00. The van der Waals surface area contributed by atoms with E-state index < -0.39 is 8.07 Å². The molecule has 0 atom stereocenters. The van der Waals surface area contributed by atoms with Crippen LogP contribution in [-0.4, -0.2) is 23.0 Å². The summed E-state index contributed by atoms with van der Waals surface area (Å²) in [7, 11) is -2.80. The summed E-state index contributed by atoms with van der Waals surface area (Å²) < 4.78 is 12.8. The van der Waals surface area contributed by atoms with Crippen molar-refractivity contribution in [1.29, 1.82) is 0 Å². The largest absolute Gasteiger partial charge is 0.456 e. The molecule has 0 amide bonds. The third kappa shape index (κ3) is 6.18. The molecule has 0 radical (unpaired) electrons. The molecule has 5 nitrogen and oxygen atoms in total. The Bertz CT molecular complexity index is 3530. The summed E-state index contributed by atoms with van der Waals surface area (Å²) in [6.07, 6.45) is 0. The maximum absolute atomic E-state index is 6.57. The van der Waals surface area contributed by atoms with Crippen molar-refractivity contribution in [2.24, 2.45) is 0 Å². The number of benzene rings is 9. The number of nitrogens with zero attached hydrogens (tertiary/aromatic N) is 3. The average Bonchev–Trinajstić information content (AvgIpc) is 3.93. The fourth-order valence-corrected chi connectivity index (χ4v) is 14.2. The Labute approximate surface area is 364 Å². The van der Waals surface area contributed by atoms with Crippen LogP contribution >= 0.6 is 0 Å². The van der Waals surface area contributed by atoms with Crippen LogP contribution < -0.4 is 20.7 Å². The van der Waals surface area contributed by atoms with Gasteiger partial charge < -0.3 is 8.83 Å². The molecule has 0 aliphatic heterocycles. The van der Waals surface area contributed by atoms with Gasteiger partial charge in [0.15, 0.2) is 25.5 Å². The van der Waals surface area contributed by atoms with Crippen molar-refractivity contribution in [3.63, 3.8) is 0 Å². The molecule has 0 bridgehead atoms. The fraction of sp³-hybridized carbons (Fsp3) is 0. The van der Waals surface area contributed by atoms with Gasteiger partial charge in [-0.15, -0.1) is 0 Å². The van der Waals surface area contributed by atoms with Gasteiger partial charge in [0, 0.05) is 38.2 Å². The quantitative estimate of drug-likeness (QED) is 0.113. The van der Waals surface area contributed by atoms with Crippen LogP contribution in [0.3, 0.4) is 0 Å². The van der Waals surface area contributed by atoms with Gasteiger partial charge in [-0.05, 0) is 68.3 Å². The third-order valence-corrected chi connectivity index (χ3v) is 17.1. The molecular formula is C57H37N3O2Si. The van der Waals surface area contributed by atoms with Crippen LogP contribution in [0.25, 0.3) is 89.2 Å². The number of hydrogen-bond donors (Lipinski definition) is 0. The maximum atomic E-state index is 6.57. The van der Waals surface area contributed by atoms with Crippen molar-refractivity contribution in [1.82, 2.24) is 15.0 Å². The highest BCUT2D eigenvalue weighted by Gasteiger charge is 2.41. The predicted octanol–water partition coefficient (Wildman–Crippen LogP) is 11.7. The topological polar surface area (TPSA) is 65.0 Å². The smallest absolute Gasteiger partial charge is 0.179 e. The molecule has 12 aromatic rings. The lowest BCUT2D eigenvalue weighted by molar-refractivity contribution is 0.669. The van der Waals surface area contributed by atoms with E-state index >= 15 is 0 Å². The molecule has 296 valence electrons. The molecule has 3 aromatic heterocycles. The first-order chi connectivity index (χ1) is 31.2. The van der Waals surface area contributed by atoms with Gasteiger partial charge >= 0.3 is 0 Å². The van der Waals surface area contributed by atoms with E-state index in [-0.39, 0.29) is 0 Å². The second-order valence-corrected chi connectivity index (χ2v) is 19.7. The molecule has 9 aromatic carbocycles. The van der Waals surface area contributed by atoms with Crippen molar-refractivity contribution in [2.75, 3.05) is 0 Å². The molecule has 0 aliphatic carbocycles. The lowest BCUT2D eigenvalue weighted by Gasteiger charge is -2.34. The highest BCUT2D eigenvalue weighted by molar-refractivity contribution is 7.19.